The van der Waals surface area contributed by atoms with Crippen LogP contribution in [0.3, 0.4) is 0 Å². The molecule has 8 aromatic rings. The first-order valence-corrected chi connectivity index (χ1v) is 29.5. The van der Waals surface area contributed by atoms with Gasteiger partial charge in [-0.25, -0.2) is 0 Å². The van der Waals surface area contributed by atoms with Crippen molar-refractivity contribution in [3.8, 4) is 66.8 Å². The number of halogens is 6. The summed E-state index contributed by atoms with van der Waals surface area (Å²) in [7, 11) is 0. The lowest BCUT2D eigenvalue weighted by atomic mass is 9.71. The van der Waals surface area contributed by atoms with Crippen LogP contribution in [0.15, 0.2) is 132 Å². The molecule has 0 fully saturated rings. The van der Waals surface area contributed by atoms with E-state index in [0.29, 0.717) is 0 Å². The number of benzene rings is 8. The summed E-state index contributed by atoms with van der Waals surface area (Å²) in [5.74, 6) is 0. The molecule has 6 aliphatic rings. The summed E-state index contributed by atoms with van der Waals surface area (Å²) in [5.41, 5.74) is 36.2. The summed E-state index contributed by atoms with van der Waals surface area (Å²) < 4.78 is 5.76. The van der Waals surface area contributed by atoms with Gasteiger partial charge in [0.1, 0.15) is 0 Å². The standard InChI is InChI=1S/C34H30Br2.C27H15Br3.CH3I.CH4/c1-17-8-11-23-20(14-17)26-29(32(23,2)3)27-22-16-19(36)10-13-25(22)34(6,7)31(27)28-21-15-18(35)9-12-24(21)33(4,5)30(26)28;28-16-4-1-13-7-22-25(19(13)10-16)23-8-14-2-5-18(30)12-21(14)27(23)24-9-15-3-6-17(29)11-20(15)26(22)24;1-2;/h8-16H,1-7H3;1-6,10-12H,7-9H2;1H3;1H4. The highest BCUT2D eigenvalue weighted by Crippen LogP contribution is 2.68. The van der Waals surface area contributed by atoms with E-state index in [0.717, 1.165) is 41.6 Å². The predicted octanol–water partition coefficient (Wildman–Crippen LogP) is 20.8. The van der Waals surface area contributed by atoms with Crippen LogP contribution in [0.4, 0.5) is 0 Å². The molecule has 0 nitrogen and oxygen atoms in total. The third-order valence-electron chi connectivity index (χ3n) is 16.3. The summed E-state index contributed by atoms with van der Waals surface area (Å²) in [5, 5.41) is 0. The molecule has 0 heterocycles. The Balaban J connectivity index is 0.000000146. The number of rotatable bonds is 0. The molecule has 6 aliphatic carbocycles. The number of aryl methyl sites for hydroxylation is 1. The van der Waals surface area contributed by atoms with E-state index in [1.54, 1.807) is 0 Å². The molecule has 0 saturated carbocycles. The molecule has 0 spiro atoms. The molecular weight excluding hydrogens is 1280 g/mol. The Bertz CT molecular complexity index is 3190. The van der Waals surface area contributed by atoms with Crippen molar-refractivity contribution in [1.29, 1.82) is 0 Å². The molecule has 0 unspecified atom stereocenters. The first kappa shape index (κ1) is 48.2. The van der Waals surface area contributed by atoms with Crippen LogP contribution >= 0.6 is 102 Å². The van der Waals surface area contributed by atoms with Gasteiger partial charge >= 0.3 is 0 Å². The van der Waals surface area contributed by atoms with Crippen LogP contribution < -0.4 is 0 Å². The Labute approximate surface area is 464 Å². The van der Waals surface area contributed by atoms with E-state index in [-0.39, 0.29) is 23.7 Å². The second-order valence-electron chi connectivity index (χ2n) is 21.0. The number of hydrogen-bond donors (Lipinski definition) is 0. The lowest BCUT2D eigenvalue weighted by Crippen LogP contribution is -2.22. The number of fused-ring (bicyclic) bond motifs is 24. The van der Waals surface area contributed by atoms with Gasteiger partial charge < -0.3 is 0 Å². The van der Waals surface area contributed by atoms with Gasteiger partial charge in [-0.2, -0.15) is 0 Å². The smallest absolute Gasteiger partial charge is 0.0181 e. The highest BCUT2D eigenvalue weighted by atomic mass is 127. The van der Waals surface area contributed by atoms with Crippen LogP contribution in [0.2, 0.25) is 0 Å². The molecule has 0 amide bonds. The third kappa shape index (κ3) is 6.76. The molecule has 0 N–H and O–H groups in total. The molecule has 8 aromatic carbocycles. The fourth-order valence-electron chi connectivity index (χ4n) is 13.6. The highest BCUT2D eigenvalue weighted by Gasteiger charge is 2.52. The first-order valence-electron chi connectivity index (χ1n) is 23.4. The fourth-order valence-corrected chi connectivity index (χ4v) is 15.4. The maximum Gasteiger partial charge on any atom is 0.0181 e. The molecule has 0 aromatic heterocycles. The molecule has 69 heavy (non-hydrogen) atoms. The molecule has 0 bridgehead atoms. The lowest BCUT2D eigenvalue weighted by molar-refractivity contribution is 0.635. The van der Waals surface area contributed by atoms with Crippen LogP contribution in [0.5, 0.6) is 0 Å². The minimum Gasteiger partial charge on any atom is -0.0901 e. The first-order chi connectivity index (χ1) is 32.4. The Hall–Kier alpha value is -3.11. The zero-order valence-corrected chi connectivity index (χ0v) is 49.4. The van der Waals surface area contributed by atoms with Gasteiger partial charge in [0.05, 0.1) is 0 Å². The SMILES string of the molecule is Brc1ccc2c(c1)-c1c(c3c(c4c1Cc1ccc(Br)cc1-4)Cc1ccc(Br)cc1-3)C2.C.CI.Cc1ccc2c(c1)-c1c(c3c(c4c1C(C)(C)c1ccc(Br)cc1-4)C(C)(C)c1ccc(Br)cc1-3)C2(C)C. The average molecular weight is 1340 g/mol. The predicted molar refractivity (Wildman–Crippen MR) is 320 cm³/mol. The van der Waals surface area contributed by atoms with Gasteiger partial charge in [-0.15, -0.1) is 0 Å². The van der Waals surface area contributed by atoms with Crippen molar-refractivity contribution in [1.82, 2.24) is 0 Å². The van der Waals surface area contributed by atoms with E-state index in [4.69, 9.17) is 0 Å². The van der Waals surface area contributed by atoms with Gasteiger partial charge in [0.15, 0.2) is 0 Å². The summed E-state index contributed by atoms with van der Waals surface area (Å²) in [6.45, 7) is 16.8. The molecule has 0 atom stereocenters. The molecule has 0 saturated heterocycles. The molecular formula is C63H52Br5I. The van der Waals surface area contributed by atoms with Gasteiger partial charge in [0.25, 0.3) is 0 Å². The summed E-state index contributed by atoms with van der Waals surface area (Å²) in [4.78, 5) is 1.97. The zero-order chi connectivity index (χ0) is 47.7. The van der Waals surface area contributed by atoms with E-state index >= 15 is 0 Å². The zero-order valence-electron chi connectivity index (χ0n) is 39.3. The van der Waals surface area contributed by atoms with Crippen LogP contribution in [0.1, 0.15) is 121 Å². The van der Waals surface area contributed by atoms with Crippen molar-refractivity contribution in [2.75, 3.05) is 4.93 Å². The number of alkyl halides is 1. The van der Waals surface area contributed by atoms with Gasteiger partial charge in [-0.1, -0.05) is 205 Å². The van der Waals surface area contributed by atoms with E-state index in [2.05, 4.69) is 260 Å². The van der Waals surface area contributed by atoms with Crippen molar-refractivity contribution in [3.05, 3.63) is 204 Å². The van der Waals surface area contributed by atoms with Gasteiger partial charge in [0, 0.05) is 38.6 Å². The maximum absolute atomic E-state index is 3.81. The van der Waals surface area contributed by atoms with Gasteiger partial charge in [-0.05, 0) is 225 Å². The minimum atomic E-state index is -0.0920. The maximum atomic E-state index is 3.81. The minimum absolute atomic E-state index is 0. The average Bonchev–Trinajstić information content (AvgIpc) is 4.10. The molecule has 14 rings (SSSR count). The van der Waals surface area contributed by atoms with Crippen LogP contribution in [0, 0.1) is 6.92 Å². The van der Waals surface area contributed by atoms with E-state index in [1.165, 1.54) is 139 Å². The summed E-state index contributed by atoms with van der Waals surface area (Å²) in [6.07, 6.45) is 3.08. The largest absolute Gasteiger partial charge is 0.0901 e. The van der Waals surface area contributed by atoms with Crippen molar-refractivity contribution in [2.45, 2.75) is 91.4 Å². The normalized spacial score (nSPS) is 15.7. The Kier molecular flexibility index (Phi) is 11.7. The fraction of sp³-hybridized carbons (Fsp3) is 0.238. The van der Waals surface area contributed by atoms with Crippen LogP contribution in [-0.2, 0) is 35.5 Å². The van der Waals surface area contributed by atoms with Gasteiger partial charge in [0.2, 0.25) is 0 Å². The summed E-state index contributed by atoms with van der Waals surface area (Å²) in [6, 6.07) is 41.4. The Morgan fingerprint density at radius 2 is 0.609 bits per heavy atom. The quantitative estimate of drug-likeness (QED) is 0.105. The molecule has 346 valence electrons. The highest BCUT2D eigenvalue weighted by molar-refractivity contribution is 14.1. The van der Waals surface area contributed by atoms with E-state index in [1.807, 2.05) is 4.93 Å². The van der Waals surface area contributed by atoms with Crippen LogP contribution in [-0.4, -0.2) is 4.93 Å². The van der Waals surface area contributed by atoms with Crippen molar-refractivity contribution < 1.29 is 0 Å². The van der Waals surface area contributed by atoms with E-state index < -0.39 is 0 Å². The Morgan fingerprint density at radius 3 is 0.928 bits per heavy atom. The monoisotopic (exact) mass is 1330 g/mol. The van der Waals surface area contributed by atoms with Crippen molar-refractivity contribution >= 4 is 102 Å². The van der Waals surface area contributed by atoms with Gasteiger partial charge in [-0.3, -0.25) is 0 Å². The lowest BCUT2D eigenvalue weighted by Gasteiger charge is -2.31. The van der Waals surface area contributed by atoms with Crippen LogP contribution in [0.25, 0.3) is 66.8 Å². The van der Waals surface area contributed by atoms with E-state index in [9.17, 15) is 0 Å². The molecule has 0 radical (unpaired) electrons. The van der Waals surface area contributed by atoms with Crippen molar-refractivity contribution in [3.63, 3.8) is 0 Å². The molecule has 6 heteroatoms. The topological polar surface area (TPSA) is 0 Å². The third-order valence-corrected chi connectivity index (χ3v) is 18.7. The summed E-state index contributed by atoms with van der Waals surface area (Å²) >= 11 is 20.9. The second-order valence-corrected chi connectivity index (χ2v) is 25.6. The van der Waals surface area contributed by atoms with Crippen molar-refractivity contribution in [2.24, 2.45) is 0 Å². The molecule has 0 aliphatic heterocycles. The second kappa shape index (κ2) is 16.7. The Morgan fingerprint density at radius 1 is 0.348 bits per heavy atom. The number of hydrogen-bond acceptors (Lipinski definition) is 0.